The zero-order chi connectivity index (χ0) is 15.5. The third-order valence-corrected chi connectivity index (χ3v) is 3.04. The summed E-state index contributed by atoms with van der Waals surface area (Å²) >= 11 is 0. The maximum absolute atomic E-state index is 12.6. The maximum atomic E-state index is 12.6. The third kappa shape index (κ3) is 3.84. The average molecular weight is 293 g/mol. The van der Waals surface area contributed by atoms with Gasteiger partial charge in [0.1, 0.15) is 5.75 Å². The topological polar surface area (TPSA) is 21.6 Å². The summed E-state index contributed by atoms with van der Waals surface area (Å²) in [5, 5.41) is 0. The quantitative estimate of drug-likeness (QED) is 0.752. The monoisotopic (exact) mass is 293 g/mol. The van der Waals surface area contributed by atoms with Crippen molar-refractivity contribution in [2.75, 3.05) is 7.05 Å². The van der Waals surface area contributed by atoms with Crippen molar-refractivity contribution in [2.45, 2.75) is 13.3 Å². The maximum Gasteiger partial charge on any atom is 0.573 e. The van der Waals surface area contributed by atoms with Crippen LogP contribution >= 0.6 is 0 Å². The lowest BCUT2D eigenvalue weighted by Gasteiger charge is -2.14. The van der Waals surface area contributed by atoms with Crippen LogP contribution in [0.15, 0.2) is 53.5 Å². The molecule has 0 atom stereocenters. The van der Waals surface area contributed by atoms with E-state index in [1.54, 1.807) is 19.1 Å². The van der Waals surface area contributed by atoms with Gasteiger partial charge in [-0.15, -0.1) is 13.2 Å². The molecule has 0 N–H and O–H groups in total. The van der Waals surface area contributed by atoms with E-state index < -0.39 is 6.36 Å². The fraction of sp³-hybridized carbons (Fsp3) is 0.188. The van der Waals surface area contributed by atoms with Crippen LogP contribution < -0.4 is 4.74 Å². The molecular formula is C16H14F3NO. The Hall–Kier alpha value is -2.30. The molecule has 0 saturated heterocycles. The molecule has 2 rings (SSSR count). The van der Waals surface area contributed by atoms with Gasteiger partial charge in [0, 0.05) is 18.3 Å². The van der Waals surface area contributed by atoms with E-state index in [2.05, 4.69) is 9.73 Å². The van der Waals surface area contributed by atoms with Crippen LogP contribution in [0.2, 0.25) is 0 Å². The lowest BCUT2D eigenvalue weighted by molar-refractivity contribution is -0.274. The summed E-state index contributed by atoms with van der Waals surface area (Å²) in [5.41, 5.74) is 2.29. The summed E-state index contributed by atoms with van der Waals surface area (Å²) in [5.74, 6) is -0.244. The second-order valence-corrected chi connectivity index (χ2v) is 4.43. The molecule has 2 aromatic carbocycles. The van der Waals surface area contributed by atoms with Gasteiger partial charge in [0.15, 0.2) is 0 Å². The van der Waals surface area contributed by atoms with Gasteiger partial charge in [0.05, 0.1) is 0 Å². The Morgan fingerprint density at radius 3 is 2.24 bits per heavy atom. The molecular weight excluding hydrogens is 279 g/mol. The minimum absolute atomic E-state index is 0.244. The van der Waals surface area contributed by atoms with Gasteiger partial charge in [-0.2, -0.15) is 0 Å². The van der Waals surface area contributed by atoms with Crippen molar-refractivity contribution in [3.63, 3.8) is 0 Å². The van der Waals surface area contributed by atoms with Gasteiger partial charge in [0.2, 0.25) is 0 Å². The molecule has 0 bridgehead atoms. The van der Waals surface area contributed by atoms with Gasteiger partial charge in [-0.25, -0.2) is 0 Å². The number of halogens is 3. The molecule has 0 amide bonds. The molecule has 0 unspecified atom stereocenters. The molecule has 0 aliphatic carbocycles. The Morgan fingerprint density at radius 1 is 1.00 bits per heavy atom. The summed E-state index contributed by atoms with van der Waals surface area (Å²) in [7, 11) is 1.53. The van der Waals surface area contributed by atoms with Crippen molar-refractivity contribution in [2.24, 2.45) is 4.99 Å². The van der Waals surface area contributed by atoms with Crippen molar-refractivity contribution >= 4 is 5.71 Å². The average Bonchev–Trinajstić information content (AvgIpc) is 2.45. The van der Waals surface area contributed by atoms with Gasteiger partial charge in [-0.3, -0.25) is 4.99 Å². The second-order valence-electron chi connectivity index (χ2n) is 4.43. The van der Waals surface area contributed by atoms with Crippen LogP contribution in [-0.2, 0) is 0 Å². The van der Waals surface area contributed by atoms with Gasteiger partial charge >= 0.3 is 6.36 Å². The van der Waals surface area contributed by atoms with Crippen molar-refractivity contribution in [3.05, 3.63) is 54.1 Å². The molecule has 110 valence electrons. The Morgan fingerprint density at radius 2 is 1.67 bits per heavy atom. The standard InChI is InChI=1S/C16H14F3NO/c1-11(20-2)14-9-8-13(12-6-4-3-5-7-12)10-15(14)21-16(17,18)19/h3-10H,1-2H3. The number of hydrogen-bond donors (Lipinski definition) is 0. The number of ether oxygens (including phenoxy) is 1. The van der Waals surface area contributed by atoms with Crippen LogP contribution in [0.1, 0.15) is 12.5 Å². The Bertz CT molecular complexity index is 648. The predicted molar refractivity (Wildman–Crippen MR) is 76.7 cm³/mol. The fourth-order valence-corrected chi connectivity index (χ4v) is 1.96. The molecule has 0 aromatic heterocycles. The highest BCUT2D eigenvalue weighted by Gasteiger charge is 2.32. The normalized spacial score (nSPS) is 12.3. The van der Waals surface area contributed by atoms with Crippen molar-refractivity contribution in [1.82, 2.24) is 0 Å². The molecule has 0 aliphatic heterocycles. The van der Waals surface area contributed by atoms with E-state index in [1.165, 1.54) is 13.1 Å². The Labute approximate surface area is 120 Å². The first-order valence-electron chi connectivity index (χ1n) is 6.29. The van der Waals surface area contributed by atoms with E-state index in [1.807, 2.05) is 30.3 Å². The molecule has 21 heavy (non-hydrogen) atoms. The number of nitrogens with zero attached hydrogens (tertiary/aromatic N) is 1. The van der Waals surface area contributed by atoms with E-state index in [-0.39, 0.29) is 5.75 Å². The highest BCUT2D eigenvalue weighted by molar-refractivity contribution is 6.01. The molecule has 2 nitrogen and oxygen atoms in total. The number of benzene rings is 2. The molecule has 0 saturated carbocycles. The lowest BCUT2D eigenvalue weighted by atomic mass is 10.0. The van der Waals surface area contributed by atoms with Crippen LogP contribution in [0.3, 0.4) is 0 Å². The number of alkyl halides is 3. The number of aliphatic imine (C=N–C) groups is 1. The summed E-state index contributed by atoms with van der Waals surface area (Å²) in [6.45, 7) is 1.64. The van der Waals surface area contributed by atoms with Crippen LogP contribution in [0.5, 0.6) is 5.75 Å². The van der Waals surface area contributed by atoms with Crippen LogP contribution in [0.4, 0.5) is 13.2 Å². The summed E-state index contributed by atoms with van der Waals surface area (Å²) in [6, 6.07) is 13.9. The minimum atomic E-state index is -4.74. The highest BCUT2D eigenvalue weighted by atomic mass is 19.4. The fourth-order valence-electron chi connectivity index (χ4n) is 1.96. The van der Waals surface area contributed by atoms with Gasteiger partial charge in [-0.1, -0.05) is 36.4 Å². The van der Waals surface area contributed by atoms with E-state index in [0.29, 0.717) is 16.8 Å². The summed E-state index contributed by atoms with van der Waals surface area (Å²) < 4.78 is 41.8. The second kappa shape index (κ2) is 5.99. The highest BCUT2D eigenvalue weighted by Crippen LogP contribution is 2.31. The van der Waals surface area contributed by atoms with Crippen LogP contribution in [-0.4, -0.2) is 19.1 Å². The Balaban J connectivity index is 2.51. The summed E-state index contributed by atoms with van der Waals surface area (Å²) in [4.78, 5) is 3.92. The first-order chi connectivity index (χ1) is 9.90. The van der Waals surface area contributed by atoms with E-state index in [0.717, 1.165) is 5.56 Å². The lowest BCUT2D eigenvalue weighted by Crippen LogP contribution is -2.19. The summed E-state index contributed by atoms with van der Waals surface area (Å²) in [6.07, 6.45) is -4.74. The van der Waals surface area contributed by atoms with Gasteiger partial charge in [0.25, 0.3) is 0 Å². The minimum Gasteiger partial charge on any atom is -0.405 e. The van der Waals surface area contributed by atoms with E-state index in [9.17, 15) is 13.2 Å². The van der Waals surface area contributed by atoms with Crippen LogP contribution in [0, 0.1) is 0 Å². The smallest absolute Gasteiger partial charge is 0.405 e. The van der Waals surface area contributed by atoms with Gasteiger partial charge in [-0.05, 0) is 30.2 Å². The third-order valence-electron chi connectivity index (χ3n) is 3.04. The molecule has 0 heterocycles. The number of hydrogen-bond acceptors (Lipinski definition) is 2. The molecule has 0 aliphatic rings. The van der Waals surface area contributed by atoms with Crippen molar-refractivity contribution in [1.29, 1.82) is 0 Å². The molecule has 0 fully saturated rings. The first kappa shape index (κ1) is 15.1. The van der Waals surface area contributed by atoms with Crippen LogP contribution in [0.25, 0.3) is 11.1 Å². The van der Waals surface area contributed by atoms with Gasteiger partial charge < -0.3 is 4.74 Å². The predicted octanol–water partition coefficient (Wildman–Crippen LogP) is 4.69. The first-order valence-corrected chi connectivity index (χ1v) is 6.29. The zero-order valence-electron chi connectivity index (χ0n) is 11.6. The van der Waals surface area contributed by atoms with Crippen molar-refractivity contribution < 1.29 is 17.9 Å². The SMILES string of the molecule is CN=C(C)c1ccc(-c2ccccc2)cc1OC(F)(F)F. The van der Waals surface area contributed by atoms with E-state index >= 15 is 0 Å². The number of rotatable bonds is 3. The molecule has 0 radical (unpaired) electrons. The Kier molecular flexibility index (Phi) is 4.31. The largest absolute Gasteiger partial charge is 0.573 e. The molecule has 5 heteroatoms. The zero-order valence-corrected chi connectivity index (χ0v) is 11.6. The molecule has 2 aromatic rings. The molecule has 0 spiro atoms. The van der Waals surface area contributed by atoms with E-state index in [4.69, 9.17) is 0 Å². The van der Waals surface area contributed by atoms with Crippen molar-refractivity contribution in [3.8, 4) is 16.9 Å².